The molecule has 0 aromatic heterocycles. The molecule has 3 aliphatic rings. The number of hydrogen-bond donors (Lipinski definition) is 0. The van der Waals surface area contributed by atoms with E-state index in [1.165, 1.54) is 6.21 Å². The highest BCUT2D eigenvalue weighted by molar-refractivity contribution is 6.32. The molecule has 28 heavy (non-hydrogen) atoms. The van der Waals surface area contributed by atoms with E-state index in [2.05, 4.69) is 17.3 Å². The summed E-state index contributed by atoms with van der Waals surface area (Å²) in [4.78, 5) is 25.4. The van der Waals surface area contributed by atoms with Crippen LogP contribution in [-0.4, -0.2) is 35.7 Å². The third-order valence-corrected chi connectivity index (χ3v) is 5.74. The van der Waals surface area contributed by atoms with Crippen LogP contribution < -0.4 is 9.47 Å². The number of amides is 2. The Morgan fingerprint density at radius 2 is 1.86 bits per heavy atom. The first-order valence-electron chi connectivity index (χ1n) is 9.63. The summed E-state index contributed by atoms with van der Waals surface area (Å²) in [6.45, 7) is 6.14. The van der Waals surface area contributed by atoms with Gasteiger partial charge in [-0.05, 0) is 56.7 Å². The van der Waals surface area contributed by atoms with Crippen LogP contribution in [0.4, 0.5) is 0 Å². The summed E-state index contributed by atoms with van der Waals surface area (Å²) in [6.07, 6.45) is 6.44. The number of halogens is 1. The lowest BCUT2D eigenvalue weighted by Gasteiger charge is -2.16. The SMILES string of the molecule is CCOc1cc(C=NN2C(=O)[C@@H]3[C@H](C2=O)[C@H]2C=C[C@H]3C2)cc(Cl)c1OC(C)C. The molecule has 0 spiro atoms. The number of fused-ring (bicyclic) bond motifs is 5. The van der Waals surface area contributed by atoms with Gasteiger partial charge in [-0.3, -0.25) is 9.59 Å². The third-order valence-electron chi connectivity index (χ3n) is 5.45. The Balaban J connectivity index is 1.58. The Bertz CT molecular complexity index is 849. The van der Waals surface area contributed by atoms with Gasteiger partial charge in [0.2, 0.25) is 0 Å². The predicted octanol–water partition coefficient (Wildman–Crippen LogP) is 3.67. The van der Waals surface area contributed by atoms with E-state index in [1.54, 1.807) is 12.1 Å². The van der Waals surface area contributed by atoms with Crippen LogP contribution in [0.15, 0.2) is 29.4 Å². The normalized spacial score (nSPS) is 28.1. The zero-order valence-corrected chi connectivity index (χ0v) is 16.8. The minimum Gasteiger partial charge on any atom is -0.490 e. The fourth-order valence-electron chi connectivity index (χ4n) is 4.40. The Kier molecular flexibility index (Phi) is 4.91. The maximum Gasteiger partial charge on any atom is 0.254 e. The van der Waals surface area contributed by atoms with Gasteiger partial charge in [-0.1, -0.05) is 23.8 Å². The van der Waals surface area contributed by atoms with E-state index in [1.807, 2.05) is 20.8 Å². The van der Waals surface area contributed by atoms with Gasteiger partial charge in [0.15, 0.2) is 11.5 Å². The molecular weight excluding hydrogens is 380 g/mol. The van der Waals surface area contributed by atoms with E-state index in [4.69, 9.17) is 21.1 Å². The number of hydrogen-bond acceptors (Lipinski definition) is 5. The van der Waals surface area contributed by atoms with Gasteiger partial charge in [0, 0.05) is 0 Å². The monoisotopic (exact) mass is 402 g/mol. The Morgan fingerprint density at radius 3 is 2.43 bits per heavy atom. The van der Waals surface area contributed by atoms with E-state index >= 15 is 0 Å². The molecule has 2 aliphatic carbocycles. The number of imide groups is 1. The Morgan fingerprint density at radius 1 is 1.21 bits per heavy atom. The van der Waals surface area contributed by atoms with E-state index in [-0.39, 0.29) is 41.6 Å². The quantitative estimate of drug-likeness (QED) is 0.413. The van der Waals surface area contributed by atoms with Crippen molar-refractivity contribution in [1.82, 2.24) is 5.01 Å². The highest BCUT2D eigenvalue weighted by atomic mass is 35.5. The zero-order valence-electron chi connectivity index (χ0n) is 16.1. The lowest BCUT2D eigenvalue weighted by atomic mass is 9.85. The van der Waals surface area contributed by atoms with E-state index in [0.29, 0.717) is 28.7 Å². The van der Waals surface area contributed by atoms with Crippen molar-refractivity contribution in [3.63, 3.8) is 0 Å². The average Bonchev–Trinajstić information content (AvgIpc) is 3.31. The summed E-state index contributed by atoms with van der Waals surface area (Å²) >= 11 is 6.37. The first-order chi connectivity index (χ1) is 13.4. The Hall–Kier alpha value is -2.34. The van der Waals surface area contributed by atoms with Crippen molar-refractivity contribution in [3.05, 3.63) is 34.9 Å². The molecular formula is C21H23ClN2O4. The summed E-state index contributed by atoms with van der Waals surface area (Å²) in [5, 5.41) is 5.60. The lowest BCUT2D eigenvalue weighted by Crippen LogP contribution is -2.28. The molecule has 148 valence electrons. The molecule has 2 bridgehead atoms. The van der Waals surface area contributed by atoms with Gasteiger partial charge >= 0.3 is 0 Å². The Labute approximate surface area is 169 Å². The van der Waals surface area contributed by atoms with E-state index in [9.17, 15) is 9.59 Å². The highest BCUT2D eigenvalue weighted by Gasteiger charge is 2.59. The van der Waals surface area contributed by atoms with Gasteiger partial charge in [0.25, 0.3) is 11.8 Å². The van der Waals surface area contributed by atoms with Crippen molar-refractivity contribution in [2.24, 2.45) is 28.8 Å². The molecule has 4 rings (SSSR count). The number of allylic oxidation sites excluding steroid dienone is 2. The molecule has 4 atom stereocenters. The number of carbonyl (C=O) groups is 2. The van der Waals surface area contributed by atoms with Gasteiger partial charge in [0.05, 0.1) is 35.8 Å². The summed E-state index contributed by atoms with van der Waals surface area (Å²) in [5.74, 6) is 0.367. The van der Waals surface area contributed by atoms with Crippen molar-refractivity contribution >= 4 is 29.6 Å². The molecule has 1 aliphatic heterocycles. The fraction of sp³-hybridized carbons (Fsp3) is 0.476. The minimum atomic E-state index is -0.260. The second-order valence-corrected chi connectivity index (χ2v) is 8.07. The molecule has 7 heteroatoms. The van der Waals surface area contributed by atoms with Gasteiger partial charge in [-0.2, -0.15) is 10.1 Å². The van der Waals surface area contributed by atoms with Crippen LogP contribution in [0, 0.1) is 23.7 Å². The molecule has 1 saturated carbocycles. The molecule has 1 aromatic rings. The van der Waals surface area contributed by atoms with Gasteiger partial charge in [-0.15, -0.1) is 0 Å². The zero-order chi connectivity index (χ0) is 20.0. The molecule has 0 unspecified atom stereocenters. The highest BCUT2D eigenvalue weighted by Crippen LogP contribution is 2.52. The third kappa shape index (κ3) is 3.09. The van der Waals surface area contributed by atoms with Crippen LogP contribution >= 0.6 is 11.6 Å². The van der Waals surface area contributed by atoms with Gasteiger partial charge in [-0.25, -0.2) is 0 Å². The molecule has 6 nitrogen and oxygen atoms in total. The van der Waals surface area contributed by atoms with Crippen molar-refractivity contribution in [2.45, 2.75) is 33.3 Å². The maximum atomic E-state index is 12.7. The van der Waals surface area contributed by atoms with Crippen molar-refractivity contribution in [1.29, 1.82) is 0 Å². The molecule has 1 saturated heterocycles. The molecule has 2 amide bonds. The van der Waals surface area contributed by atoms with Crippen LogP contribution in [-0.2, 0) is 9.59 Å². The number of benzene rings is 1. The number of carbonyl (C=O) groups excluding carboxylic acids is 2. The number of ether oxygens (including phenoxy) is 2. The fourth-order valence-corrected chi connectivity index (χ4v) is 4.66. The van der Waals surface area contributed by atoms with Crippen LogP contribution in [0.1, 0.15) is 32.8 Å². The van der Waals surface area contributed by atoms with E-state index in [0.717, 1.165) is 11.4 Å². The topological polar surface area (TPSA) is 68.2 Å². The van der Waals surface area contributed by atoms with Crippen LogP contribution in [0.25, 0.3) is 0 Å². The van der Waals surface area contributed by atoms with Crippen LogP contribution in [0.2, 0.25) is 5.02 Å². The molecule has 2 fully saturated rings. The second-order valence-electron chi connectivity index (χ2n) is 7.66. The largest absolute Gasteiger partial charge is 0.490 e. The molecule has 1 heterocycles. The van der Waals surface area contributed by atoms with E-state index < -0.39 is 0 Å². The van der Waals surface area contributed by atoms with Gasteiger partial charge in [0.1, 0.15) is 0 Å². The predicted molar refractivity (Wildman–Crippen MR) is 106 cm³/mol. The summed E-state index contributed by atoms with van der Waals surface area (Å²) in [5.41, 5.74) is 0.628. The smallest absolute Gasteiger partial charge is 0.254 e. The summed E-state index contributed by atoms with van der Waals surface area (Å²) < 4.78 is 11.4. The van der Waals surface area contributed by atoms with Gasteiger partial charge < -0.3 is 9.47 Å². The number of rotatable bonds is 6. The second kappa shape index (κ2) is 7.24. The van der Waals surface area contributed by atoms with Crippen molar-refractivity contribution in [3.8, 4) is 11.5 Å². The van der Waals surface area contributed by atoms with Crippen molar-refractivity contribution in [2.75, 3.05) is 6.61 Å². The molecule has 1 aromatic carbocycles. The summed E-state index contributed by atoms with van der Waals surface area (Å²) in [6, 6.07) is 3.43. The first kappa shape index (κ1) is 19.0. The standard InChI is InChI=1S/C21H23ClN2O4/c1-4-27-16-8-12(7-15(22)19(16)28-11(2)3)10-23-24-20(25)17-13-5-6-14(9-13)18(17)21(24)26/h5-8,10-11,13-14,17-18H,4,9H2,1-3H3/t13-,14-,17-,18+/m0/s1. The molecule has 0 N–H and O–H groups in total. The van der Waals surface area contributed by atoms with Crippen LogP contribution in [0.3, 0.4) is 0 Å². The lowest BCUT2D eigenvalue weighted by molar-refractivity contribution is -0.140. The number of nitrogens with zero attached hydrogens (tertiary/aromatic N) is 2. The van der Waals surface area contributed by atoms with Crippen molar-refractivity contribution < 1.29 is 19.1 Å². The molecule has 0 radical (unpaired) electrons. The minimum absolute atomic E-state index is 0.0561. The number of hydrazone groups is 1. The summed E-state index contributed by atoms with van der Waals surface area (Å²) in [7, 11) is 0. The van der Waals surface area contributed by atoms with Crippen LogP contribution in [0.5, 0.6) is 11.5 Å². The first-order valence-corrected chi connectivity index (χ1v) is 10.0. The average molecular weight is 403 g/mol. The maximum absolute atomic E-state index is 12.7.